The molecule has 1 amide bonds. The zero-order chi connectivity index (χ0) is 10.8. The summed E-state index contributed by atoms with van der Waals surface area (Å²) in [6.45, 7) is 7.32. The second kappa shape index (κ2) is 4.30. The lowest BCUT2D eigenvalue weighted by Crippen LogP contribution is -2.51. The predicted octanol–water partition coefficient (Wildman–Crippen LogP) is 1.39. The van der Waals surface area contributed by atoms with Crippen LogP contribution in [0.25, 0.3) is 0 Å². The highest BCUT2D eigenvalue weighted by atomic mass is 16.2. The van der Waals surface area contributed by atoms with Crippen molar-refractivity contribution < 1.29 is 4.79 Å². The average Bonchev–Trinajstić information content (AvgIpc) is 2.68. The first-order valence-corrected chi connectivity index (χ1v) is 5.50. The molecular weight excluding hydrogens is 176 g/mol. The Morgan fingerprint density at radius 2 is 2.21 bits per heavy atom. The minimum atomic E-state index is -0.0264. The molecule has 1 saturated heterocycles. The molecule has 0 aliphatic carbocycles. The van der Waals surface area contributed by atoms with E-state index in [4.69, 9.17) is 0 Å². The molecule has 14 heavy (non-hydrogen) atoms. The fourth-order valence-corrected chi connectivity index (χ4v) is 1.66. The van der Waals surface area contributed by atoms with Crippen molar-refractivity contribution in [1.82, 2.24) is 10.2 Å². The SMILES string of the molecule is CCC(C)(C)N(C)C(=O)[C@@H]1CCCN1. The number of carbonyl (C=O) groups is 1. The minimum Gasteiger partial charge on any atom is -0.339 e. The van der Waals surface area contributed by atoms with Crippen LogP contribution in [0.5, 0.6) is 0 Å². The molecule has 1 atom stereocenters. The maximum absolute atomic E-state index is 12.0. The number of likely N-dealkylation sites (N-methyl/N-ethyl adjacent to an activating group) is 1. The molecule has 3 heteroatoms. The van der Waals surface area contributed by atoms with Crippen LogP contribution < -0.4 is 5.32 Å². The summed E-state index contributed by atoms with van der Waals surface area (Å²) in [7, 11) is 1.91. The van der Waals surface area contributed by atoms with Gasteiger partial charge in [-0.1, -0.05) is 6.92 Å². The van der Waals surface area contributed by atoms with Crippen LogP contribution in [0.3, 0.4) is 0 Å². The summed E-state index contributed by atoms with van der Waals surface area (Å²) in [5, 5.41) is 3.24. The summed E-state index contributed by atoms with van der Waals surface area (Å²) in [5.41, 5.74) is -0.0264. The molecule has 0 saturated carbocycles. The Morgan fingerprint density at radius 3 is 2.64 bits per heavy atom. The van der Waals surface area contributed by atoms with E-state index in [1.807, 2.05) is 11.9 Å². The molecule has 1 heterocycles. The lowest BCUT2D eigenvalue weighted by Gasteiger charge is -2.36. The van der Waals surface area contributed by atoms with Gasteiger partial charge in [0.15, 0.2) is 0 Å². The number of amides is 1. The Kier molecular flexibility index (Phi) is 3.53. The van der Waals surface area contributed by atoms with Crippen LogP contribution in [0, 0.1) is 0 Å². The highest BCUT2D eigenvalue weighted by molar-refractivity contribution is 5.82. The third kappa shape index (κ3) is 2.27. The fourth-order valence-electron chi connectivity index (χ4n) is 1.66. The Hall–Kier alpha value is -0.570. The standard InChI is InChI=1S/C11H22N2O/c1-5-11(2,3)13(4)10(14)9-7-6-8-12-9/h9,12H,5-8H2,1-4H3/t9-/m0/s1. The van der Waals surface area contributed by atoms with E-state index in [1.165, 1.54) is 0 Å². The van der Waals surface area contributed by atoms with Gasteiger partial charge in [-0.25, -0.2) is 0 Å². The Balaban J connectivity index is 2.59. The zero-order valence-electron chi connectivity index (χ0n) is 9.76. The van der Waals surface area contributed by atoms with Crippen LogP contribution in [-0.4, -0.2) is 36.0 Å². The van der Waals surface area contributed by atoms with E-state index >= 15 is 0 Å². The third-order valence-corrected chi connectivity index (χ3v) is 3.46. The van der Waals surface area contributed by atoms with Crippen LogP contribution >= 0.6 is 0 Å². The van der Waals surface area contributed by atoms with E-state index in [0.717, 1.165) is 25.8 Å². The van der Waals surface area contributed by atoms with Crippen molar-refractivity contribution in [3.63, 3.8) is 0 Å². The lowest BCUT2D eigenvalue weighted by molar-refractivity contribution is -0.136. The zero-order valence-corrected chi connectivity index (χ0v) is 9.76. The molecule has 3 nitrogen and oxygen atoms in total. The smallest absolute Gasteiger partial charge is 0.239 e. The van der Waals surface area contributed by atoms with E-state index in [1.54, 1.807) is 0 Å². The maximum atomic E-state index is 12.0. The van der Waals surface area contributed by atoms with Gasteiger partial charge in [-0.15, -0.1) is 0 Å². The van der Waals surface area contributed by atoms with E-state index in [2.05, 4.69) is 26.1 Å². The molecule has 1 fully saturated rings. The third-order valence-electron chi connectivity index (χ3n) is 3.46. The minimum absolute atomic E-state index is 0.0264. The summed E-state index contributed by atoms with van der Waals surface area (Å²) in [6, 6.07) is 0.0609. The number of rotatable bonds is 3. The van der Waals surface area contributed by atoms with Crippen LogP contribution in [0.15, 0.2) is 0 Å². The summed E-state index contributed by atoms with van der Waals surface area (Å²) in [6.07, 6.45) is 3.10. The molecular formula is C11H22N2O. The Morgan fingerprint density at radius 1 is 1.57 bits per heavy atom. The summed E-state index contributed by atoms with van der Waals surface area (Å²) < 4.78 is 0. The van der Waals surface area contributed by atoms with Gasteiger partial charge >= 0.3 is 0 Å². The lowest BCUT2D eigenvalue weighted by atomic mass is 9.99. The first kappa shape index (κ1) is 11.5. The van der Waals surface area contributed by atoms with E-state index in [-0.39, 0.29) is 17.5 Å². The second-order valence-corrected chi connectivity index (χ2v) is 4.71. The molecule has 0 radical (unpaired) electrons. The molecule has 0 bridgehead atoms. The Labute approximate surface area is 86.9 Å². The van der Waals surface area contributed by atoms with Crippen molar-refractivity contribution in [1.29, 1.82) is 0 Å². The molecule has 0 unspecified atom stereocenters. The van der Waals surface area contributed by atoms with Crippen LogP contribution in [0.4, 0.5) is 0 Å². The van der Waals surface area contributed by atoms with Gasteiger partial charge in [-0.2, -0.15) is 0 Å². The van der Waals surface area contributed by atoms with Gasteiger partial charge in [-0.05, 0) is 39.7 Å². The number of carbonyl (C=O) groups excluding carboxylic acids is 1. The number of nitrogens with one attached hydrogen (secondary N) is 1. The van der Waals surface area contributed by atoms with Crippen molar-refractivity contribution in [3.8, 4) is 0 Å². The van der Waals surface area contributed by atoms with Crippen molar-refractivity contribution >= 4 is 5.91 Å². The van der Waals surface area contributed by atoms with Gasteiger partial charge in [0.2, 0.25) is 5.91 Å². The first-order chi connectivity index (χ1) is 6.49. The molecule has 1 rings (SSSR count). The molecule has 0 aromatic carbocycles. The largest absolute Gasteiger partial charge is 0.339 e. The molecule has 1 aliphatic rings. The number of hydrogen-bond donors (Lipinski definition) is 1. The summed E-state index contributed by atoms with van der Waals surface area (Å²) in [4.78, 5) is 13.9. The van der Waals surface area contributed by atoms with Gasteiger partial charge in [0.05, 0.1) is 6.04 Å². The normalized spacial score (nSPS) is 22.4. The maximum Gasteiger partial charge on any atom is 0.239 e. The van der Waals surface area contributed by atoms with E-state index in [9.17, 15) is 4.79 Å². The van der Waals surface area contributed by atoms with Crippen molar-refractivity contribution in [2.24, 2.45) is 0 Å². The topological polar surface area (TPSA) is 32.3 Å². The fraction of sp³-hybridized carbons (Fsp3) is 0.909. The molecule has 0 aromatic rings. The van der Waals surface area contributed by atoms with Crippen LogP contribution in [0.1, 0.15) is 40.0 Å². The van der Waals surface area contributed by atoms with Gasteiger partial charge in [0.25, 0.3) is 0 Å². The number of hydrogen-bond acceptors (Lipinski definition) is 2. The highest BCUT2D eigenvalue weighted by Crippen LogP contribution is 2.19. The van der Waals surface area contributed by atoms with Gasteiger partial charge in [-0.3, -0.25) is 4.79 Å². The summed E-state index contributed by atoms with van der Waals surface area (Å²) >= 11 is 0. The quantitative estimate of drug-likeness (QED) is 0.743. The second-order valence-electron chi connectivity index (χ2n) is 4.71. The number of nitrogens with zero attached hydrogens (tertiary/aromatic N) is 1. The highest BCUT2D eigenvalue weighted by Gasteiger charge is 2.31. The van der Waals surface area contributed by atoms with Crippen molar-refractivity contribution in [3.05, 3.63) is 0 Å². The Bertz CT molecular complexity index is 207. The summed E-state index contributed by atoms with van der Waals surface area (Å²) in [5.74, 6) is 0.245. The molecule has 0 spiro atoms. The first-order valence-electron chi connectivity index (χ1n) is 5.50. The van der Waals surface area contributed by atoms with Gasteiger partial charge in [0.1, 0.15) is 0 Å². The molecule has 0 aromatic heterocycles. The molecule has 1 aliphatic heterocycles. The van der Waals surface area contributed by atoms with Crippen LogP contribution in [-0.2, 0) is 4.79 Å². The molecule has 82 valence electrons. The monoisotopic (exact) mass is 198 g/mol. The van der Waals surface area contributed by atoms with E-state index in [0.29, 0.717) is 0 Å². The average molecular weight is 198 g/mol. The van der Waals surface area contributed by atoms with Crippen molar-refractivity contribution in [2.75, 3.05) is 13.6 Å². The predicted molar refractivity (Wildman–Crippen MR) is 58.2 cm³/mol. The molecule has 1 N–H and O–H groups in total. The van der Waals surface area contributed by atoms with Gasteiger partial charge in [0, 0.05) is 12.6 Å². The van der Waals surface area contributed by atoms with Crippen molar-refractivity contribution in [2.45, 2.75) is 51.6 Å². The van der Waals surface area contributed by atoms with Crippen LogP contribution in [0.2, 0.25) is 0 Å². The van der Waals surface area contributed by atoms with E-state index < -0.39 is 0 Å². The van der Waals surface area contributed by atoms with Gasteiger partial charge < -0.3 is 10.2 Å².